The van der Waals surface area contributed by atoms with Crippen LogP contribution in [0.3, 0.4) is 0 Å². The number of benzene rings is 2. The molecule has 3 atom stereocenters. The van der Waals surface area contributed by atoms with E-state index >= 15 is 0 Å². The van der Waals surface area contributed by atoms with Gasteiger partial charge >= 0.3 is 0 Å². The number of fused-ring (bicyclic) bond motifs is 2. The third kappa shape index (κ3) is 9.43. The van der Waals surface area contributed by atoms with Crippen molar-refractivity contribution >= 4 is 45.6 Å². The van der Waals surface area contributed by atoms with Crippen LogP contribution in [0, 0.1) is 11.8 Å². The average molecular weight is 905 g/mol. The zero-order valence-corrected chi connectivity index (χ0v) is 41.0. The van der Waals surface area contributed by atoms with E-state index in [4.69, 9.17) is 9.97 Å². The van der Waals surface area contributed by atoms with Crippen molar-refractivity contribution in [2.24, 2.45) is 11.8 Å². The van der Waals surface area contributed by atoms with Gasteiger partial charge in [0.05, 0.1) is 17.1 Å². The highest BCUT2D eigenvalue weighted by molar-refractivity contribution is 7.25. The van der Waals surface area contributed by atoms with Crippen molar-refractivity contribution in [3.8, 4) is 41.9 Å². The monoisotopic (exact) mass is 904 g/mol. The van der Waals surface area contributed by atoms with Crippen molar-refractivity contribution in [3.63, 3.8) is 0 Å². The van der Waals surface area contributed by atoms with Crippen LogP contribution in [-0.2, 0) is 5.41 Å². The lowest BCUT2D eigenvalue weighted by Crippen LogP contribution is -2.32. The standard InChI is InChI=1S/C56H64N4O3S2/c1-9-12-27-56(7,8)51-24-16-41(33-58-51)48-21-23-50(65-48)49-22-20-47(64-49)40-15-19-44(57-32-40)39-14-18-43-46(31-39)60(29-26-36(5)34-61)53(55(43)63)52-54(62)42-17-13-38(37(6)11-3)30-45(42)59(52)28-25-35(4)10-2/h13-24,30-33,35-37,61H,9-12,25-29,34H2,1-8H3/b53-52+. The highest BCUT2D eigenvalue weighted by Gasteiger charge is 2.43. The Balaban J connectivity index is 1.07. The molecule has 338 valence electrons. The lowest BCUT2D eigenvalue weighted by Gasteiger charge is -2.28. The van der Waals surface area contributed by atoms with E-state index in [0.29, 0.717) is 53.9 Å². The van der Waals surface area contributed by atoms with Crippen molar-refractivity contribution in [1.29, 1.82) is 0 Å². The zero-order chi connectivity index (χ0) is 46.0. The Hall–Kier alpha value is -5.22. The summed E-state index contributed by atoms with van der Waals surface area (Å²) in [5, 5.41) is 10.1. The molecule has 0 saturated heterocycles. The van der Waals surface area contributed by atoms with Crippen LogP contribution in [-0.4, -0.2) is 46.3 Å². The normalized spacial score (nSPS) is 16.3. The fourth-order valence-electron chi connectivity index (χ4n) is 8.93. The molecule has 7 nitrogen and oxygen atoms in total. The maximum absolute atomic E-state index is 14.7. The predicted octanol–water partition coefficient (Wildman–Crippen LogP) is 14.6. The van der Waals surface area contributed by atoms with E-state index in [2.05, 4.69) is 125 Å². The fourth-order valence-corrected chi connectivity index (χ4v) is 11.0. The number of hydrogen-bond acceptors (Lipinski definition) is 9. The minimum Gasteiger partial charge on any atom is -0.396 e. The highest BCUT2D eigenvalue weighted by atomic mass is 32.1. The number of rotatable bonds is 18. The summed E-state index contributed by atoms with van der Waals surface area (Å²) in [4.78, 5) is 48.2. The first kappa shape index (κ1) is 46.3. The van der Waals surface area contributed by atoms with E-state index in [1.165, 1.54) is 33.0 Å². The number of pyridine rings is 2. The molecule has 6 aromatic rings. The van der Waals surface area contributed by atoms with Gasteiger partial charge in [-0.05, 0) is 116 Å². The number of carbonyl (C=O) groups is 2. The molecule has 0 radical (unpaired) electrons. The molecule has 0 aliphatic carbocycles. The number of ketones is 2. The van der Waals surface area contributed by atoms with Crippen molar-refractivity contribution < 1.29 is 14.7 Å². The molecule has 8 rings (SSSR count). The lowest BCUT2D eigenvalue weighted by atomic mass is 9.83. The molecule has 9 heteroatoms. The van der Waals surface area contributed by atoms with Crippen LogP contribution in [0.25, 0.3) is 41.9 Å². The Morgan fingerprint density at radius 1 is 0.631 bits per heavy atom. The van der Waals surface area contributed by atoms with E-state index in [1.807, 2.05) is 37.5 Å². The first-order valence-corrected chi connectivity index (χ1v) is 25.4. The van der Waals surface area contributed by atoms with Crippen LogP contribution in [0.4, 0.5) is 11.4 Å². The number of anilines is 2. The summed E-state index contributed by atoms with van der Waals surface area (Å²) in [5.74, 6) is 0.599. The minimum atomic E-state index is -0.138. The molecule has 0 spiro atoms. The van der Waals surface area contributed by atoms with Crippen LogP contribution in [0.15, 0.2) is 109 Å². The van der Waals surface area contributed by atoms with Crippen LogP contribution in [0.1, 0.15) is 138 Å². The summed E-state index contributed by atoms with van der Waals surface area (Å²) < 4.78 is 0. The van der Waals surface area contributed by atoms with Gasteiger partial charge in [0.15, 0.2) is 0 Å². The van der Waals surface area contributed by atoms with Gasteiger partial charge in [0.25, 0.3) is 0 Å². The number of aliphatic hydroxyl groups excluding tert-OH is 1. The molecular weight excluding hydrogens is 841 g/mol. The summed E-state index contributed by atoms with van der Waals surface area (Å²) in [5.41, 5.74) is 10.1. The van der Waals surface area contributed by atoms with E-state index in [9.17, 15) is 14.7 Å². The minimum absolute atomic E-state index is 0.0240. The third-order valence-corrected chi connectivity index (χ3v) is 16.3. The number of unbranched alkanes of at least 4 members (excludes halogenated alkanes) is 1. The molecule has 2 aliphatic heterocycles. The van der Waals surface area contributed by atoms with Crippen LogP contribution in [0.5, 0.6) is 0 Å². The first-order valence-electron chi connectivity index (χ1n) is 23.8. The maximum atomic E-state index is 14.7. The maximum Gasteiger partial charge on any atom is 0.213 e. The van der Waals surface area contributed by atoms with E-state index < -0.39 is 0 Å². The Labute approximate surface area is 394 Å². The van der Waals surface area contributed by atoms with Crippen molar-refractivity contribution in [2.45, 2.75) is 112 Å². The highest BCUT2D eigenvalue weighted by Crippen LogP contribution is 2.46. The van der Waals surface area contributed by atoms with Crippen LogP contribution < -0.4 is 9.80 Å². The Kier molecular flexibility index (Phi) is 14.0. The van der Waals surface area contributed by atoms with Crippen LogP contribution in [0.2, 0.25) is 0 Å². The van der Waals surface area contributed by atoms with Gasteiger partial charge in [-0.2, -0.15) is 0 Å². The molecule has 0 saturated carbocycles. The van der Waals surface area contributed by atoms with E-state index in [1.54, 1.807) is 22.7 Å². The number of thiophene rings is 2. The van der Waals surface area contributed by atoms with E-state index in [0.717, 1.165) is 70.0 Å². The molecule has 0 fully saturated rings. The number of hydrogen-bond donors (Lipinski definition) is 1. The molecule has 2 aromatic carbocycles. The quantitative estimate of drug-likeness (QED) is 0.0860. The van der Waals surface area contributed by atoms with Gasteiger partial charge in [-0.3, -0.25) is 19.6 Å². The number of Topliss-reactive ketones (excluding diaryl/α,β-unsaturated/α-hetero) is 2. The van der Waals surface area contributed by atoms with Gasteiger partial charge in [-0.15, -0.1) is 22.7 Å². The van der Waals surface area contributed by atoms with Crippen molar-refractivity contribution in [3.05, 3.63) is 131 Å². The molecule has 0 bridgehead atoms. The molecule has 0 amide bonds. The Morgan fingerprint density at radius 2 is 1.18 bits per heavy atom. The molecule has 2 aliphatic rings. The van der Waals surface area contributed by atoms with Gasteiger partial charge in [-0.25, -0.2) is 0 Å². The van der Waals surface area contributed by atoms with Gasteiger partial charge in [0.2, 0.25) is 11.6 Å². The Bertz CT molecular complexity index is 2690. The number of allylic oxidation sites excluding steroid dienone is 2. The van der Waals surface area contributed by atoms with Crippen molar-refractivity contribution in [1.82, 2.24) is 9.97 Å². The third-order valence-electron chi connectivity index (χ3n) is 13.9. The second kappa shape index (κ2) is 19.7. The smallest absolute Gasteiger partial charge is 0.213 e. The fraction of sp³-hybridized carbons (Fsp3) is 0.393. The summed E-state index contributed by atoms with van der Waals surface area (Å²) in [6.45, 7) is 18.9. The number of carbonyl (C=O) groups excluding carboxylic acids is 2. The molecule has 1 N–H and O–H groups in total. The number of aromatic nitrogens is 2. The SMILES string of the molecule is CCCCC(C)(C)c1ccc(-c2ccc(-c3ccc(-c4ccc(-c5ccc6c(c5)N(CCC(C)CO)/C(=C5\C(=O)c7ccc(C(C)CC)cc7N5CCC(C)CC)C6=O)nc4)s3)s2)cn1. The number of nitrogens with zero attached hydrogens (tertiary/aromatic N) is 4. The van der Waals surface area contributed by atoms with E-state index in [-0.39, 0.29) is 29.5 Å². The molecular formula is C56H64N4O3S2. The molecule has 6 heterocycles. The lowest BCUT2D eigenvalue weighted by molar-refractivity contribution is 0.100. The molecule has 4 aromatic heterocycles. The average Bonchev–Trinajstić information content (AvgIpc) is 4.13. The summed E-state index contributed by atoms with van der Waals surface area (Å²) in [6.07, 6.45) is 11.1. The molecule has 65 heavy (non-hydrogen) atoms. The van der Waals surface area contributed by atoms with Gasteiger partial charge in [0, 0.05) is 90.5 Å². The van der Waals surface area contributed by atoms with Gasteiger partial charge in [-0.1, -0.05) is 92.9 Å². The summed E-state index contributed by atoms with van der Waals surface area (Å²) in [7, 11) is 0. The summed E-state index contributed by atoms with van der Waals surface area (Å²) in [6, 6.07) is 29.5. The largest absolute Gasteiger partial charge is 0.396 e. The molecule has 3 unspecified atom stereocenters. The Morgan fingerprint density at radius 3 is 1.72 bits per heavy atom. The second-order valence-corrected chi connectivity index (χ2v) is 21.2. The first-order chi connectivity index (χ1) is 31.3. The van der Waals surface area contributed by atoms with Gasteiger partial charge in [0.1, 0.15) is 11.4 Å². The predicted molar refractivity (Wildman–Crippen MR) is 273 cm³/mol. The van der Waals surface area contributed by atoms with Crippen molar-refractivity contribution in [2.75, 3.05) is 29.5 Å². The topological polar surface area (TPSA) is 86.6 Å². The summed E-state index contributed by atoms with van der Waals surface area (Å²) >= 11 is 3.55. The zero-order valence-electron chi connectivity index (χ0n) is 39.4. The number of aliphatic hydroxyl groups is 1. The van der Waals surface area contributed by atoms with Crippen LogP contribution >= 0.6 is 22.7 Å². The second-order valence-electron chi connectivity index (χ2n) is 19.0. The van der Waals surface area contributed by atoms with Gasteiger partial charge < -0.3 is 14.9 Å².